The second-order valence-electron chi connectivity index (χ2n) is 14.7. The Labute approximate surface area is 278 Å². The quantitative estimate of drug-likeness (QED) is 0.115. The molecule has 2 bridgehead atoms. The van der Waals surface area contributed by atoms with Gasteiger partial charge in [-0.05, 0) is 61.2 Å². The summed E-state index contributed by atoms with van der Waals surface area (Å²) in [7, 11) is -2.30. The SMILES string of the molecule is CC[Si](CC)(CC)O[C@H]1C[C@@]2(O)[C@@H](OC(=O)c3ccccc3)C3[C@@](C)(CC[C@H]4OC[C@@]34OC(C)=O)C(=O)C(OC=O)C(=C1C)C2(C)C. The molecule has 0 radical (unpaired) electrons. The molecule has 8 atom stereocenters. The Morgan fingerprint density at radius 2 is 1.72 bits per heavy atom. The van der Waals surface area contributed by atoms with Gasteiger partial charge in [0.05, 0.1) is 24.2 Å². The normalized spacial score (nSPS) is 36.1. The highest BCUT2D eigenvalue weighted by Gasteiger charge is 2.76. The highest BCUT2D eigenvalue weighted by molar-refractivity contribution is 6.73. The van der Waals surface area contributed by atoms with E-state index < -0.39 is 78.4 Å². The predicted molar refractivity (Wildman–Crippen MR) is 175 cm³/mol. The van der Waals surface area contributed by atoms with Crippen molar-refractivity contribution in [3.8, 4) is 0 Å². The minimum Gasteiger partial charge on any atom is -0.455 e. The first kappa shape index (κ1) is 35.4. The van der Waals surface area contributed by atoms with Gasteiger partial charge in [-0.25, -0.2) is 4.79 Å². The first-order chi connectivity index (χ1) is 22.1. The third-order valence-electron chi connectivity index (χ3n) is 12.3. The molecule has 0 amide bonds. The van der Waals surface area contributed by atoms with Crippen molar-refractivity contribution in [3.05, 3.63) is 47.0 Å². The molecule has 1 heterocycles. The van der Waals surface area contributed by atoms with E-state index >= 15 is 4.79 Å². The Bertz CT molecular complexity index is 1430. The molecule has 3 fully saturated rings. The Morgan fingerprint density at radius 1 is 1.09 bits per heavy atom. The van der Waals surface area contributed by atoms with Crippen LogP contribution in [-0.4, -0.2) is 79.8 Å². The van der Waals surface area contributed by atoms with Crippen LogP contribution < -0.4 is 0 Å². The topological polar surface area (TPSA) is 135 Å². The molecule has 47 heavy (non-hydrogen) atoms. The summed E-state index contributed by atoms with van der Waals surface area (Å²) >= 11 is 0. The lowest BCUT2D eigenvalue weighted by molar-refractivity contribution is -0.332. The van der Waals surface area contributed by atoms with Crippen LogP contribution in [0, 0.1) is 16.7 Å². The fraction of sp³-hybridized carbons (Fsp3) is 0.667. The second kappa shape index (κ2) is 12.5. The minimum absolute atomic E-state index is 0.0426. The predicted octanol–water partition coefficient (Wildman–Crippen LogP) is 5.32. The summed E-state index contributed by atoms with van der Waals surface area (Å²) in [5.41, 5.74) is -4.42. The number of ether oxygens (including phenoxy) is 4. The lowest BCUT2D eigenvalue weighted by atomic mass is 9.45. The lowest BCUT2D eigenvalue weighted by Crippen LogP contribution is -2.79. The first-order valence-electron chi connectivity index (χ1n) is 16.9. The first-order valence-corrected chi connectivity index (χ1v) is 19.5. The van der Waals surface area contributed by atoms with Crippen molar-refractivity contribution >= 4 is 32.5 Å². The number of esters is 2. The van der Waals surface area contributed by atoms with Gasteiger partial charge in [0.25, 0.3) is 6.47 Å². The molecule has 10 nitrogen and oxygen atoms in total. The van der Waals surface area contributed by atoms with E-state index in [1.807, 2.05) is 6.92 Å². The summed E-state index contributed by atoms with van der Waals surface area (Å²) in [5, 5.41) is 13.5. The molecule has 1 aromatic carbocycles. The molecule has 0 spiro atoms. The van der Waals surface area contributed by atoms with Crippen LogP contribution in [0.1, 0.15) is 85.0 Å². The number of carbonyl (C=O) groups excluding carboxylic acids is 4. The molecule has 1 N–H and O–H groups in total. The molecule has 2 unspecified atom stereocenters. The van der Waals surface area contributed by atoms with Crippen molar-refractivity contribution < 1.29 is 47.7 Å². The van der Waals surface area contributed by atoms with Crippen molar-refractivity contribution in [2.24, 2.45) is 16.7 Å². The highest BCUT2D eigenvalue weighted by atomic mass is 28.4. The Kier molecular flexibility index (Phi) is 9.46. The summed E-state index contributed by atoms with van der Waals surface area (Å²) < 4.78 is 31.4. The van der Waals surface area contributed by atoms with Gasteiger partial charge in [-0.1, -0.05) is 59.7 Å². The van der Waals surface area contributed by atoms with Crippen LogP contribution in [-0.2, 0) is 37.8 Å². The summed E-state index contributed by atoms with van der Waals surface area (Å²) in [4.78, 5) is 54.1. The number of fused-ring (bicyclic) bond motifs is 5. The van der Waals surface area contributed by atoms with E-state index in [1.54, 1.807) is 51.1 Å². The third-order valence-corrected chi connectivity index (χ3v) is 16.9. The number of aliphatic hydroxyl groups is 1. The van der Waals surface area contributed by atoms with Crippen molar-refractivity contribution in [2.75, 3.05) is 6.61 Å². The largest absolute Gasteiger partial charge is 0.455 e. The number of hydrogen-bond donors (Lipinski definition) is 1. The fourth-order valence-corrected chi connectivity index (χ4v) is 12.1. The van der Waals surface area contributed by atoms with E-state index in [0.717, 1.165) is 23.7 Å². The van der Waals surface area contributed by atoms with Crippen molar-refractivity contribution in [1.82, 2.24) is 0 Å². The van der Waals surface area contributed by atoms with E-state index in [4.69, 9.17) is 23.4 Å². The molecule has 1 aromatic rings. The Hall–Kier alpha value is -2.86. The maximum absolute atomic E-state index is 15.1. The Balaban J connectivity index is 1.82. The smallest absolute Gasteiger partial charge is 0.338 e. The molecule has 4 aliphatic rings. The molecule has 11 heteroatoms. The van der Waals surface area contributed by atoms with Crippen LogP contribution in [0.3, 0.4) is 0 Å². The van der Waals surface area contributed by atoms with Gasteiger partial charge in [-0.2, -0.15) is 0 Å². The lowest BCUT2D eigenvalue weighted by Gasteiger charge is -2.66. The summed E-state index contributed by atoms with van der Waals surface area (Å²) in [5.74, 6) is -2.70. The molecular formula is C36H50O10Si. The summed E-state index contributed by atoms with van der Waals surface area (Å²) in [6.07, 6.45) is -3.23. The zero-order chi connectivity index (χ0) is 34.6. The van der Waals surface area contributed by atoms with E-state index in [1.165, 1.54) is 6.92 Å². The highest BCUT2D eigenvalue weighted by Crippen LogP contribution is 2.64. The monoisotopic (exact) mass is 670 g/mol. The van der Waals surface area contributed by atoms with Crippen LogP contribution in [0.2, 0.25) is 18.1 Å². The number of carbonyl (C=O) groups is 4. The maximum atomic E-state index is 15.1. The number of ketones is 1. The van der Waals surface area contributed by atoms with Gasteiger partial charge < -0.3 is 28.5 Å². The van der Waals surface area contributed by atoms with Crippen molar-refractivity contribution in [2.45, 2.75) is 128 Å². The van der Waals surface area contributed by atoms with E-state index in [0.29, 0.717) is 12.0 Å². The van der Waals surface area contributed by atoms with E-state index in [9.17, 15) is 19.5 Å². The molecule has 0 aromatic heterocycles. The van der Waals surface area contributed by atoms with Crippen LogP contribution >= 0.6 is 0 Å². The number of benzene rings is 1. The fourth-order valence-electron chi connectivity index (χ4n) is 9.25. The second-order valence-corrected chi connectivity index (χ2v) is 19.4. The van der Waals surface area contributed by atoms with Crippen LogP contribution in [0.15, 0.2) is 41.5 Å². The van der Waals surface area contributed by atoms with Crippen LogP contribution in [0.5, 0.6) is 0 Å². The Morgan fingerprint density at radius 3 is 2.26 bits per heavy atom. The number of rotatable bonds is 10. The minimum atomic E-state index is -2.30. The maximum Gasteiger partial charge on any atom is 0.338 e. The standard InChI is InChI=1S/C36H50O10Si/c1-9-47(10-2,11-3)46-25-19-36(41)31(44-32(40)24-15-13-12-14-16-24)29-34(8,18-17-26-35(29,20-42-26)45-23(5)38)30(39)28(43-21-37)27(22(25)4)33(36,6)7/h12-16,21,25-26,28-29,31,41H,9-11,17-20H2,1-8H3/t25-,26+,28?,29?,31-,34+,35-,36+/m0/s1. The van der Waals surface area contributed by atoms with Gasteiger partial charge >= 0.3 is 11.9 Å². The molecule has 258 valence electrons. The number of Topliss-reactive ketones (excluding diaryl/α,β-unsaturated/α-hetero) is 1. The van der Waals surface area contributed by atoms with Crippen LogP contribution in [0.25, 0.3) is 0 Å². The molecule has 5 rings (SSSR count). The van der Waals surface area contributed by atoms with E-state index in [2.05, 4.69) is 20.8 Å². The van der Waals surface area contributed by atoms with Crippen LogP contribution in [0.4, 0.5) is 0 Å². The van der Waals surface area contributed by atoms with Gasteiger partial charge in [0.15, 0.2) is 25.8 Å². The van der Waals surface area contributed by atoms with Gasteiger partial charge in [0.1, 0.15) is 17.8 Å². The third kappa shape index (κ3) is 5.32. The van der Waals surface area contributed by atoms with Gasteiger partial charge in [0, 0.05) is 24.2 Å². The van der Waals surface area contributed by atoms with Gasteiger partial charge in [-0.15, -0.1) is 0 Å². The van der Waals surface area contributed by atoms with Crippen molar-refractivity contribution in [3.63, 3.8) is 0 Å². The van der Waals surface area contributed by atoms with Crippen molar-refractivity contribution in [1.29, 1.82) is 0 Å². The summed E-state index contributed by atoms with van der Waals surface area (Å²) in [6, 6.07) is 11.0. The molecule has 3 aliphatic carbocycles. The average molecular weight is 671 g/mol. The molecule has 1 aliphatic heterocycles. The summed E-state index contributed by atoms with van der Waals surface area (Å²) in [6.45, 7) is 15.1. The molecular weight excluding hydrogens is 620 g/mol. The zero-order valence-electron chi connectivity index (χ0n) is 28.9. The van der Waals surface area contributed by atoms with E-state index in [-0.39, 0.29) is 31.5 Å². The van der Waals surface area contributed by atoms with Gasteiger partial charge in [0.2, 0.25) is 0 Å². The molecule has 1 saturated heterocycles. The number of hydrogen-bond acceptors (Lipinski definition) is 10. The molecule has 2 saturated carbocycles. The van der Waals surface area contributed by atoms with Gasteiger partial charge in [-0.3, -0.25) is 14.4 Å². The average Bonchev–Trinajstić information content (AvgIpc) is 3.03. The zero-order valence-corrected chi connectivity index (χ0v) is 29.9.